The molecule has 0 bridgehead atoms. The van der Waals surface area contributed by atoms with Crippen molar-refractivity contribution in [3.05, 3.63) is 0 Å². The van der Waals surface area contributed by atoms with Crippen LogP contribution in [0.4, 0.5) is 0 Å². The van der Waals surface area contributed by atoms with Crippen molar-refractivity contribution in [2.45, 2.75) is 310 Å². The van der Waals surface area contributed by atoms with E-state index in [2.05, 4.69) is 34.6 Å². The Kier molecular flexibility index (Phi) is 46.6. The van der Waals surface area contributed by atoms with Gasteiger partial charge >= 0.3 is 17.9 Å². The van der Waals surface area contributed by atoms with Crippen molar-refractivity contribution in [2.75, 3.05) is 13.2 Å². The van der Waals surface area contributed by atoms with Crippen molar-refractivity contribution in [3.63, 3.8) is 0 Å². The lowest BCUT2D eigenvalue weighted by Gasteiger charge is -2.18. The third kappa shape index (κ3) is 47.7. The smallest absolute Gasteiger partial charge is 0.306 e. The summed E-state index contributed by atoms with van der Waals surface area (Å²) < 4.78 is 16.8. The van der Waals surface area contributed by atoms with E-state index < -0.39 is 6.10 Å². The molecule has 0 aromatic rings. The largest absolute Gasteiger partial charge is 0.462 e. The van der Waals surface area contributed by atoms with E-state index in [9.17, 15) is 14.4 Å². The average Bonchev–Trinajstić information content (AvgIpc) is 3.24. The first kappa shape index (κ1) is 59.4. The quantitative estimate of drug-likeness (QED) is 0.0344. The molecular formula is C55H106O6. The minimum atomic E-state index is -0.763. The zero-order chi connectivity index (χ0) is 44.7. The number of hydrogen-bond acceptors (Lipinski definition) is 6. The second-order valence-corrected chi connectivity index (χ2v) is 19.6. The molecule has 362 valence electrons. The fraction of sp³-hybridized carbons (Fsp3) is 0.945. The monoisotopic (exact) mass is 863 g/mol. The molecule has 61 heavy (non-hydrogen) atoms. The van der Waals surface area contributed by atoms with Gasteiger partial charge < -0.3 is 14.2 Å². The minimum absolute atomic E-state index is 0.0642. The highest BCUT2D eigenvalue weighted by Gasteiger charge is 2.19. The van der Waals surface area contributed by atoms with Crippen molar-refractivity contribution in [2.24, 2.45) is 11.8 Å². The summed E-state index contributed by atoms with van der Waals surface area (Å²) in [5.74, 6) is 0.807. The van der Waals surface area contributed by atoms with E-state index in [-0.39, 0.29) is 31.1 Å². The predicted octanol–water partition coefficient (Wildman–Crippen LogP) is 17.7. The fourth-order valence-corrected chi connectivity index (χ4v) is 8.31. The highest BCUT2D eigenvalue weighted by molar-refractivity contribution is 5.71. The molecule has 0 fully saturated rings. The summed E-state index contributed by atoms with van der Waals surface area (Å²) in [6, 6.07) is 0. The lowest BCUT2D eigenvalue weighted by atomic mass is 10.00. The molecule has 0 N–H and O–H groups in total. The number of carbonyl (C=O) groups excluding carboxylic acids is 3. The van der Waals surface area contributed by atoms with Gasteiger partial charge in [-0.25, -0.2) is 0 Å². The Bertz CT molecular complexity index is 933. The van der Waals surface area contributed by atoms with Crippen molar-refractivity contribution in [1.29, 1.82) is 0 Å². The molecule has 0 aromatic carbocycles. The Morgan fingerprint density at radius 3 is 0.934 bits per heavy atom. The van der Waals surface area contributed by atoms with Crippen LogP contribution in [0.1, 0.15) is 304 Å². The number of carbonyl (C=O) groups is 3. The molecule has 0 amide bonds. The van der Waals surface area contributed by atoms with Crippen LogP contribution in [-0.2, 0) is 28.6 Å². The van der Waals surface area contributed by atoms with Gasteiger partial charge in [-0.3, -0.25) is 14.4 Å². The Hall–Kier alpha value is -1.59. The summed E-state index contributed by atoms with van der Waals surface area (Å²) in [5.41, 5.74) is 0. The molecule has 0 aliphatic carbocycles. The van der Waals surface area contributed by atoms with Crippen LogP contribution in [0, 0.1) is 11.8 Å². The molecule has 0 saturated heterocycles. The van der Waals surface area contributed by atoms with Gasteiger partial charge in [0.05, 0.1) is 0 Å². The van der Waals surface area contributed by atoms with Gasteiger partial charge in [0.2, 0.25) is 0 Å². The first-order chi connectivity index (χ1) is 29.8. The number of esters is 3. The molecule has 6 nitrogen and oxygen atoms in total. The van der Waals surface area contributed by atoms with Crippen LogP contribution in [0.2, 0.25) is 0 Å². The summed E-state index contributed by atoms with van der Waals surface area (Å²) in [5, 5.41) is 0. The third-order valence-electron chi connectivity index (χ3n) is 12.8. The zero-order valence-corrected chi connectivity index (χ0v) is 41.8. The van der Waals surface area contributed by atoms with Crippen molar-refractivity contribution >= 4 is 17.9 Å². The van der Waals surface area contributed by atoms with Gasteiger partial charge in [-0.05, 0) is 31.1 Å². The number of rotatable bonds is 49. The lowest BCUT2D eigenvalue weighted by molar-refractivity contribution is -0.167. The molecule has 0 aliphatic heterocycles. The average molecular weight is 863 g/mol. The maximum atomic E-state index is 12.8. The maximum absolute atomic E-state index is 12.8. The fourth-order valence-electron chi connectivity index (χ4n) is 8.31. The van der Waals surface area contributed by atoms with Gasteiger partial charge in [-0.15, -0.1) is 0 Å². The molecular weight excluding hydrogens is 757 g/mol. The summed E-state index contributed by atoms with van der Waals surface area (Å²) in [7, 11) is 0. The van der Waals surface area contributed by atoms with Crippen molar-refractivity contribution < 1.29 is 28.6 Å². The minimum Gasteiger partial charge on any atom is -0.462 e. The third-order valence-corrected chi connectivity index (χ3v) is 12.8. The van der Waals surface area contributed by atoms with E-state index in [1.165, 1.54) is 193 Å². The van der Waals surface area contributed by atoms with Gasteiger partial charge in [0, 0.05) is 19.3 Å². The molecule has 0 aliphatic rings. The highest BCUT2D eigenvalue weighted by Crippen LogP contribution is 2.18. The van der Waals surface area contributed by atoms with Crippen LogP contribution in [0.15, 0.2) is 0 Å². The summed E-state index contributed by atoms with van der Waals surface area (Å²) in [4.78, 5) is 38.0. The van der Waals surface area contributed by atoms with Gasteiger partial charge in [0.25, 0.3) is 0 Å². The molecule has 6 heteroatoms. The second kappa shape index (κ2) is 47.9. The Morgan fingerprint density at radius 1 is 0.344 bits per heavy atom. The normalized spacial score (nSPS) is 12.5. The lowest BCUT2D eigenvalue weighted by Crippen LogP contribution is -2.30. The molecule has 0 saturated carbocycles. The van der Waals surface area contributed by atoms with E-state index in [0.29, 0.717) is 19.3 Å². The van der Waals surface area contributed by atoms with Crippen LogP contribution in [0.3, 0.4) is 0 Å². The predicted molar refractivity (Wildman–Crippen MR) is 261 cm³/mol. The Morgan fingerprint density at radius 2 is 0.623 bits per heavy atom. The first-order valence-electron chi connectivity index (χ1n) is 27.3. The van der Waals surface area contributed by atoms with Crippen LogP contribution >= 0.6 is 0 Å². The molecule has 0 rings (SSSR count). The molecule has 0 radical (unpaired) electrons. The zero-order valence-electron chi connectivity index (χ0n) is 41.8. The molecule has 0 aromatic heterocycles. The number of hydrogen-bond donors (Lipinski definition) is 0. The van der Waals surface area contributed by atoms with E-state index in [4.69, 9.17) is 14.2 Å². The Balaban J connectivity index is 4.25. The summed E-state index contributed by atoms with van der Waals surface area (Å²) in [6.07, 6.45) is 49.5. The second-order valence-electron chi connectivity index (χ2n) is 19.6. The van der Waals surface area contributed by atoms with Gasteiger partial charge in [0.1, 0.15) is 13.2 Å². The van der Waals surface area contributed by atoms with Gasteiger partial charge in [-0.2, -0.15) is 0 Å². The summed E-state index contributed by atoms with van der Waals surface area (Å²) in [6.45, 7) is 11.4. The number of ether oxygens (including phenoxy) is 3. The SMILES string of the molecule is CCCCCCCCCCCCCCCCCCC(=O)OC[C@H](COC(=O)CCCCCCCCCCCCCCCCC(C)C)OC(=O)CCCCCCCCC(C)CC. The highest BCUT2D eigenvalue weighted by atomic mass is 16.6. The van der Waals surface area contributed by atoms with Crippen LogP contribution < -0.4 is 0 Å². The Labute approximate surface area is 380 Å². The van der Waals surface area contributed by atoms with Crippen LogP contribution in [-0.4, -0.2) is 37.2 Å². The van der Waals surface area contributed by atoms with E-state index in [1.54, 1.807) is 0 Å². The summed E-state index contributed by atoms with van der Waals surface area (Å²) >= 11 is 0. The van der Waals surface area contributed by atoms with E-state index >= 15 is 0 Å². The van der Waals surface area contributed by atoms with E-state index in [1.807, 2.05) is 0 Å². The topological polar surface area (TPSA) is 78.9 Å². The van der Waals surface area contributed by atoms with Crippen molar-refractivity contribution in [3.8, 4) is 0 Å². The van der Waals surface area contributed by atoms with Gasteiger partial charge in [0.15, 0.2) is 6.10 Å². The number of unbranched alkanes of at least 4 members (excludes halogenated alkanes) is 33. The van der Waals surface area contributed by atoms with E-state index in [0.717, 1.165) is 69.6 Å². The molecule has 0 spiro atoms. The molecule has 2 atom stereocenters. The van der Waals surface area contributed by atoms with Crippen LogP contribution in [0.5, 0.6) is 0 Å². The van der Waals surface area contributed by atoms with Crippen LogP contribution in [0.25, 0.3) is 0 Å². The molecule has 0 heterocycles. The van der Waals surface area contributed by atoms with Gasteiger partial charge in [-0.1, -0.05) is 266 Å². The first-order valence-corrected chi connectivity index (χ1v) is 27.3. The maximum Gasteiger partial charge on any atom is 0.306 e. The molecule has 1 unspecified atom stereocenters. The standard InChI is InChI=1S/C55H106O6/c1-6-8-9-10-11-12-13-14-15-16-20-23-26-29-35-40-45-53(56)59-48-52(61-55(58)47-42-37-32-31-34-39-44-51(5)7-2)49-60-54(57)46-41-36-30-27-24-21-18-17-19-22-25-28-33-38-43-50(3)4/h50-52H,6-49H2,1-5H3/t51?,52-/m1/s1. The van der Waals surface area contributed by atoms with Crippen molar-refractivity contribution in [1.82, 2.24) is 0 Å².